The maximum Gasteiger partial charge on any atom is 0.321 e. The van der Waals surface area contributed by atoms with Crippen LogP contribution < -0.4 is 0 Å². The topological polar surface area (TPSA) is 127 Å². The quantitative estimate of drug-likeness (QED) is 0.0944. The minimum absolute atomic E-state index is 0.148. The Balaban J connectivity index is 1.38. The Hall–Kier alpha value is -5.31. The summed E-state index contributed by atoms with van der Waals surface area (Å²) in [5, 5.41) is 0. The van der Waals surface area contributed by atoms with Crippen LogP contribution in [0.15, 0.2) is 59.7 Å². The SMILES string of the molecule is C=Cc1c(C)c2cc3nc(c4c5[nH]c(cc6nc(cc1[nH]2)C(C)C6CC)c(C)c5C(=O)C4C(=O)OC)[C@@H](CCC(=O)OC/C=C(\C)CC/C=C(\C)CCC=C(C)C)[C@@H]3C. The molecular weight excluding hydrogens is 737 g/mol. The van der Waals surface area contributed by atoms with Crippen molar-refractivity contribution in [2.75, 3.05) is 13.7 Å². The Morgan fingerprint density at radius 1 is 0.814 bits per heavy atom. The van der Waals surface area contributed by atoms with Gasteiger partial charge in [0.15, 0.2) is 5.78 Å². The van der Waals surface area contributed by atoms with Crippen molar-refractivity contribution in [3.63, 3.8) is 0 Å². The number of ketones is 1. The molecule has 2 N–H and O–H groups in total. The number of esters is 2. The maximum absolute atomic E-state index is 14.3. The summed E-state index contributed by atoms with van der Waals surface area (Å²) in [4.78, 5) is 58.9. The van der Waals surface area contributed by atoms with Crippen molar-refractivity contribution in [3.8, 4) is 0 Å². The average Bonchev–Trinajstić information content (AvgIpc) is 3.94. The Kier molecular flexibility index (Phi) is 13.4. The number of methoxy groups -OCH3 is 1. The van der Waals surface area contributed by atoms with Gasteiger partial charge in [-0.15, -0.1) is 0 Å². The van der Waals surface area contributed by atoms with Crippen LogP contribution in [-0.4, -0.2) is 51.4 Å². The predicted octanol–water partition coefficient (Wildman–Crippen LogP) is 12.0. The molecule has 0 fully saturated rings. The summed E-state index contributed by atoms with van der Waals surface area (Å²) < 4.78 is 11.0. The van der Waals surface area contributed by atoms with E-state index >= 15 is 0 Å². The molecule has 0 spiro atoms. The molecule has 1 aliphatic carbocycles. The second-order valence-electron chi connectivity index (χ2n) is 17.0. The van der Waals surface area contributed by atoms with Crippen molar-refractivity contribution in [3.05, 3.63) is 110 Å². The number of nitrogens with one attached hydrogen (secondary N) is 2. The molecule has 3 aromatic heterocycles. The van der Waals surface area contributed by atoms with Crippen LogP contribution in [0.1, 0.15) is 178 Å². The lowest BCUT2D eigenvalue weighted by atomic mass is 9.84. The first-order valence-corrected chi connectivity index (χ1v) is 21.3. The van der Waals surface area contributed by atoms with Gasteiger partial charge < -0.3 is 19.4 Å². The van der Waals surface area contributed by atoms with Crippen LogP contribution in [0, 0.1) is 13.8 Å². The van der Waals surface area contributed by atoms with Crippen LogP contribution in [-0.2, 0) is 19.1 Å². The first-order valence-electron chi connectivity index (χ1n) is 21.3. The Bertz CT molecular complexity index is 2420. The van der Waals surface area contributed by atoms with Crippen LogP contribution in [0.4, 0.5) is 0 Å². The molecular formula is C50H62N4O5. The number of aryl methyl sites for hydroxylation is 2. The number of aromatic nitrogens is 4. The molecule has 5 atom stereocenters. The van der Waals surface area contributed by atoms with E-state index in [1.807, 2.05) is 19.1 Å². The van der Waals surface area contributed by atoms with Gasteiger partial charge in [-0.2, -0.15) is 0 Å². The lowest BCUT2D eigenvalue weighted by molar-refractivity contribution is -0.143. The molecule has 3 aromatic rings. The molecule has 0 saturated heterocycles. The summed E-state index contributed by atoms with van der Waals surface area (Å²) in [7, 11) is 1.31. The molecule has 2 aliphatic heterocycles. The van der Waals surface area contributed by atoms with Crippen LogP contribution in [0.3, 0.4) is 0 Å². The van der Waals surface area contributed by atoms with Gasteiger partial charge in [0.25, 0.3) is 0 Å². The normalized spacial score (nSPS) is 20.2. The molecule has 3 aliphatic rings. The van der Waals surface area contributed by atoms with Gasteiger partial charge in [-0.25, -0.2) is 0 Å². The number of allylic oxidation sites excluding steroid dienone is 5. The highest BCUT2D eigenvalue weighted by Gasteiger charge is 2.45. The fourth-order valence-electron chi connectivity index (χ4n) is 9.12. The molecule has 0 radical (unpaired) electrons. The molecule has 9 nitrogen and oxygen atoms in total. The van der Waals surface area contributed by atoms with E-state index in [0.29, 0.717) is 28.8 Å². The third-order valence-corrected chi connectivity index (χ3v) is 12.8. The molecule has 0 aromatic carbocycles. The van der Waals surface area contributed by atoms with Gasteiger partial charge in [0.2, 0.25) is 0 Å². The fraction of sp³-hybridized carbons (Fsp3) is 0.460. The summed E-state index contributed by atoms with van der Waals surface area (Å²) in [5.41, 5.74) is 14.2. The second-order valence-corrected chi connectivity index (χ2v) is 17.0. The van der Waals surface area contributed by atoms with Gasteiger partial charge in [0.05, 0.1) is 18.3 Å². The third-order valence-electron chi connectivity index (χ3n) is 12.8. The summed E-state index contributed by atoms with van der Waals surface area (Å²) in [6, 6.07) is 6.24. The zero-order chi connectivity index (χ0) is 42.7. The van der Waals surface area contributed by atoms with Crippen molar-refractivity contribution < 1.29 is 23.9 Å². The van der Waals surface area contributed by atoms with Gasteiger partial charge in [-0.3, -0.25) is 24.4 Å². The number of rotatable bonds is 14. The Morgan fingerprint density at radius 2 is 1.44 bits per heavy atom. The van der Waals surface area contributed by atoms with E-state index < -0.39 is 11.9 Å². The minimum atomic E-state index is -1.18. The number of carbonyl (C=O) groups excluding carboxylic acids is 3. The second kappa shape index (κ2) is 18.3. The van der Waals surface area contributed by atoms with Crippen molar-refractivity contribution in [2.24, 2.45) is 0 Å². The first-order chi connectivity index (χ1) is 28.2. The molecule has 9 heteroatoms. The van der Waals surface area contributed by atoms with Crippen molar-refractivity contribution >= 4 is 45.9 Å². The number of aromatic amines is 2. The van der Waals surface area contributed by atoms with Crippen molar-refractivity contribution in [2.45, 2.75) is 137 Å². The van der Waals surface area contributed by atoms with E-state index in [-0.39, 0.29) is 48.5 Å². The standard InChI is InChI=1S/C50H62N4O5/c1-12-34-30(7)37-24-39-32(9)36(20-21-43(55)59-23-22-29(6)19-15-18-28(5)17-14-16-27(3)4)47(53-39)45-46(50(57)58-11)49(56)44-33(10)40(54-48(44)45)26-42-35(13-2)31(8)38(52-42)25-41(34)51-37/h12,16,18,22,24-26,31-32,35-36,46,51,54H,1,13-15,17,19-21,23H2,2-11H3/b28-18+,29-22+,37-24?,38-25?,39-24?,40-26?,41-25?,42-26?,47-45?/t31?,32-,35?,36-,46?/m0/s1. The summed E-state index contributed by atoms with van der Waals surface area (Å²) in [5.74, 6) is -2.50. The van der Waals surface area contributed by atoms with Crippen molar-refractivity contribution in [1.29, 1.82) is 0 Å². The van der Waals surface area contributed by atoms with E-state index in [0.717, 1.165) is 82.4 Å². The molecule has 0 saturated carbocycles. The molecule has 312 valence electrons. The third kappa shape index (κ3) is 8.85. The lowest BCUT2D eigenvalue weighted by Crippen LogP contribution is -2.21. The summed E-state index contributed by atoms with van der Waals surface area (Å²) in [6.45, 7) is 23.3. The number of H-pyrrole nitrogens is 2. The molecule has 0 amide bonds. The first kappa shape index (κ1) is 43.3. The number of Topliss-reactive ketones (excluding diaryl/α,β-unsaturated/α-hetero) is 1. The van der Waals surface area contributed by atoms with E-state index in [2.05, 4.69) is 102 Å². The number of ether oxygens (including phenoxy) is 2. The van der Waals surface area contributed by atoms with Crippen molar-refractivity contribution in [1.82, 2.24) is 19.9 Å². The highest BCUT2D eigenvalue weighted by molar-refractivity contribution is 6.23. The zero-order valence-electron chi connectivity index (χ0n) is 36.7. The molecule has 6 rings (SSSR count). The maximum atomic E-state index is 14.3. The van der Waals surface area contributed by atoms with E-state index in [1.54, 1.807) is 0 Å². The van der Waals surface area contributed by atoms with Crippen LogP contribution in [0.2, 0.25) is 0 Å². The minimum Gasteiger partial charge on any atom is -0.468 e. The van der Waals surface area contributed by atoms with Crippen LogP contribution in [0.5, 0.6) is 0 Å². The number of hydrogen-bond acceptors (Lipinski definition) is 7. The van der Waals surface area contributed by atoms with E-state index in [9.17, 15) is 14.4 Å². The van der Waals surface area contributed by atoms with Crippen LogP contribution >= 0.6 is 0 Å². The Labute approximate surface area is 349 Å². The highest BCUT2D eigenvalue weighted by Crippen LogP contribution is 2.48. The van der Waals surface area contributed by atoms with Gasteiger partial charge in [-0.05, 0) is 115 Å². The number of carbonyl (C=O) groups is 3. The fourth-order valence-corrected chi connectivity index (χ4v) is 9.12. The van der Waals surface area contributed by atoms with Gasteiger partial charge in [0.1, 0.15) is 12.5 Å². The largest absolute Gasteiger partial charge is 0.468 e. The smallest absolute Gasteiger partial charge is 0.321 e. The highest BCUT2D eigenvalue weighted by atomic mass is 16.5. The molecule has 5 heterocycles. The molecule has 59 heavy (non-hydrogen) atoms. The Morgan fingerprint density at radius 3 is 2.12 bits per heavy atom. The number of fused-ring (bicyclic) bond motifs is 8. The van der Waals surface area contributed by atoms with Crippen LogP contribution in [0.25, 0.3) is 28.1 Å². The molecule has 8 bridgehead atoms. The van der Waals surface area contributed by atoms with Gasteiger partial charge >= 0.3 is 11.9 Å². The summed E-state index contributed by atoms with van der Waals surface area (Å²) >= 11 is 0. The van der Waals surface area contributed by atoms with Gasteiger partial charge in [0, 0.05) is 80.4 Å². The van der Waals surface area contributed by atoms with E-state index in [4.69, 9.17) is 19.4 Å². The molecule has 3 unspecified atom stereocenters. The van der Waals surface area contributed by atoms with E-state index in [1.165, 1.54) is 23.8 Å². The summed E-state index contributed by atoms with van der Waals surface area (Å²) in [6.07, 6.45) is 13.9. The predicted molar refractivity (Wildman–Crippen MR) is 238 cm³/mol. The number of nitrogens with zero attached hydrogens (tertiary/aromatic N) is 2. The lowest BCUT2D eigenvalue weighted by Gasteiger charge is -2.18. The monoisotopic (exact) mass is 798 g/mol. The average molecular weight is 799 g/mol. The zero-order valence-corrected chi connectivity index (χ0v) is 36.7. The van der Waals surface area contributed by atoms with Gasteiger partial charge in [-0.1, -0.05) is 62.3 Å². The number of hydrogen-bond donors (Lipinski definition) is 2.